The molecule has 0 aliphatic carbocycles. The molecule has 3 N–H and O–H groups in total. The van der Waals surface area contributed by atoms with Crippen LogP contribution in [0.3, 0.4) is 0 Å². The summed E-state index contributed by atoms with van der Waals surface area (Å²) in [5, 5.41) is 0. The molecule has 0 spiro atoms. The summed E-state index contributed by atoms with van der Waals surface area (Å²) in [6.45, 7) is 4.76. The van der Waals surface area contributed by atoms with Crippen LogP contribution in [0.25, 0.3) is 0 Å². The Bertz CT molecular complexity index is 410. The predicted molar refractivity (Wildman–Crippen MR) is 62.2 cm³/mol. The van der Waals surface area contributed by atoms with Crippen molar-refractivity contribution in [3.8, 4) is 0 Å². The first-order chi connectivity index (χ1) is 6.95. The predicted octanol–water partition coefficient (Wildman–Crippen LogP) is 1.14. The minimum Gasteiger partial charge on any atom is -0.326 e. The Hall–Kier alpha value is -0.430. The van der Waals surface area contributed by atoms with Crippen LogP contribution in [-0.4, -0.2) is 15.0 Å². The van der Waals surface area contributed by atoms with Crippen LogP contribution in [0, 0.1) is 5.92 Å². The second-order valence-electron chi connectivity index (χ2n) is 3.67. The van der Waals surface area contributed by atoms with Gasteiger partial charge in [-0.2, -0.15) is 0 Å². The number of nitrogens with one attached hydrogen (secondary N) is 1. The van der Waals surface area contributed by atoms with Crippen molar-refractivity contribution < 1.29 is 8.42 Å². The number of hydrogen-bond donors (Lipinski definition) is 2. The zero-order valence-corrected chi connectivity index (χ0v) is 10.5. The standard InChI is InChI=1S/C9H16N2O2S2/c1-7(2)6-11-15(12,13)9-4-3-8(5-10)14-9/h3-4,7,11H,5-6,10H2,1-2H3. The van der Waals surface area contributed by atoms with Gasteiger partial charge in [0.25, 0.3) is 0 Å². The van der Waals surface area contributed by atoms with E-state index in [1.54, 1.807) is 12.1 Å². The van der Waals surface area contributed by atoms with Crippen molar-refractivity contribution in [1.29, 1.82) is 0 Å². The van der Waals surface area contributed by atoms with Crippen LogP contribution in [-0.2, 0) is 16.6 Å². The largest absolute Gasteiger partial charge is 0.326 e. The lowest BCUT2D eigenvalue weighted by molar-refractivity contribution is 0.562. The third kappa shape index (κ3) is 3.57. The molecule has 0 amide bonds. The summed E-state index contributed by atoms with van der Waals surface area (Å²) in [5.74, 6) is 0.300. The number of thiophene rings is 1. The van der Waals surface area contributed by atoms with E-state index in [1.165, 1.54) is 11.3 Å². The molecular formula is C9H16N2O2S2. The molecule has 0 atom stereocenters. The SMILES string of the molecule is CC(C)CNS(=O)(=O)c1ccc(CN)s1. The van der Waals surface area contributed by atoms with Gasteiger partial charge in [0.1, 0.15) is 4.21 Å². The van der Waals surface area contributed by atoms with Gasteiger partial charge in [0.2, 0.25) is 10.0 Å². The molecule has 0 fully saturated rings. The fourth-order valence-electron chi connectivity index (χ4n) is 0.960. The maximum absolute atomic E-state index is 11.7. The summed E-state index contributed by atoms with van der Waals surface area (Å²) >= 11 is 1.22. The topological polar surface area (TPSA) is 72.2 Å². The molecule has 0 aliphatic heterocycles. The number of sulfonamides is 1. The van der Waals surface area contributed by atoms with Crippen LogP contribution >= 0.6 is 11.3 Å². The lowest BCUT2D eigenvalue weighted by atomic mass is 10.2. The summed E-state index contributed by atoms with van der Waals surface area (Å²) in [6, 6.07) is 3.34. The smallest absolute Gasteiger partial charge is 0.250 e. The first-order valence-corrected chi connectivity index (χ1v) is 7.04. The molecule has 15 heavy (non-hydrogen) atoms. The minimum atomic E-state index is -3.33. The summed E-state index contributed by atoms with van der Waals surface area (Å²) in [5.41, 5.74) is 5.42. The summed E-state index contributed by atoms with van der Waals surface area (Å²) in [4.78, 5) is 0.875. The molecule has 1 aromatic rings. The second-order valence-corrected chi connectivity index (χ2v) is 6.83. The average molecular weight is 248 g/mol. The van der Waals surface area contributed by atoms with Gasteiger partial charge < -0.3 is 5.73 Å². The van der Waals surface area contributed by atoms with E-state index in [4.69, 9.17) is 5.73 Å². The van der Waals surface area contributed by atoms with Crippen LogP contribution in [0.5, 0.6) is 0 Å². The molecule has 0 unspecified atom stereocenters. The van der Waals surface area contributed by atoms with Gasteiger partial charge in [0, 0.05) is 18.0 Å². The fraction of sp³-hybridized carbons (Fsp3) is 0.556. The van der Waals surface area contributed by atoms with Crippen LogP contribution in [0.2, 0.25) is 0 Å². The normalized spacial score (nSPS) is 12.3. The highest BCUT2D eigenvalue weighted by Gasteiger charge is 2.16. The van der Waals surface area contributed by atoms with Crippen LogP contribution in [0.1, 0.15) is 18.7 Å². The highest BCUT2D eigenvalue weighted by Crippen LogP contribution is 2.20. The first kappa shape index (κ1) is 12.6. The van der Waals surface area contributed by atoms with E-state index < -0.39 is 10.0 Å². The van der Waals surface area contributed by atoms with Crippen molar-refractivity contribution in [3.05, 3.63) is 17.0 Å². The minimum absolute atomic E-state index is 0.300. The Balaban J connectivity index is 2.77. The van der Waals surface area contributed by atoms with Crippen LogP contribution in [0.15, 0.2) is 16.3 Å². The molecule has 0 radical (unpaired) electrons. The Morgan fingerprint density at radius 2 is 2.13 bits per heavy atom. The van der Waals surface area contributed by atoms with Crippen molar-refractivity contribution >= 4 is 21.4 Å². The molecule has 0 aromatic carbocycles. The number of rotatable bonds is 5. The highest BCUT2D eigenvalue weighted by atomic mass is 32.2. The van der Waals surface area contributed by atoms with E-state index in [0.29, 0.717) is 23.2 Å². The van der Waals surface area contributed by atoms with Crippen molar-refractivity contribution in [3.63, 3.8) is 0 Å². The van der Waals surface area contributed by atoms with Gasteiger partial charge in [-0.25, -0.2) is 13.1 Å². The zero-order valence-electron chi connectivity index (χ0n) is 8.86. The molecule has 0 bridgehead atoms. The number of hydrogen-bond acceptors (Lipinski definition) is 4. The lowest BCUT2D eigenvalue weighted by Crippen LogP contribution is -2.26. The summed E-state index contributed by atoms with van der Waals surface area (Å²) < 4.78 is 26.3. The second kappa shape index (κ2) is 5.07. The Morgan fingerprint density at radius 3 is 2.60 bits per heavy atom. The molecule has 0 saturated carbocycles. The van der Waals surface area contributed by atoms with E-state index in [2.05, 4.69) is 4.72 Å². The fourth-order valence-corrected chi connectivity index (χ4v) is 3.45. The Labute approximate surface area is 94.5 Å². The van der Waals surface area contributed by atoms with Crippen LogP contribution in [0.4, 0.5) is 0 Å². The molecule has 1 aromatic heterocycles. The monoisotopic (exact) mass is 248 g/mol. The van der Waals surface area contributed by atoms with Gasteiger partial charge in [-0.3, -0.25) is 0 Å². The van der Waals surface area contributed by atoms with Crippen LogP contribution < -0.4 is 10.5 Å². The molecule has 6 heteroatoms. The van der Waals surface area contributed by atoms with Gasteiger partial charge in [0.05, 0.1) is 0 Å². The Kier molecular flexibility index (Phi) is 4.27. The van der Waals surface area contributed by atoms with Crippen molar-refractivity contribution in [2.24, 2.45) is 11.7 Å². The van der Waals surface area contributed by atoms with Gasteiger partial charge in [-0.15, -0.1) is 11.3 Å². The molecule has 4 nitrogen and oxygen atoms in total. The molecule has 1 heterocycles. The van der Waals surface area contributed by atoms with Crippen molar-refractivity contribution in [1.82, 2.24) is 4.72 Å². The first-order valence-electron chi connectivity index (χ1n) is 4.74. The maximum atomic E-state index is 11.7. The third-order valence-electron chi connectivity index (χ3n) is 1.78. The van der Waals surface area contributed by atoms with E-state index in [0.717, 1.165) is 4.88 Å². The summed E-state index contributed by atoms with van der Waals surface area (Å²) in [7, 11) is -3.33. The molecule has 0 saturated heterocycles. The molecule has 1 rings (SSSR count). The quantitative estimate of drug-likeness (QED) is 0.821. The summed E-state index contributed by atoms with van der Waals surface area (Å²) in [6.07, 6.45) is 0. The van der Waals surface area contributed by atoms with Gasteiger partial charge >= 0.3 is 0 Å². The average Bonchev–Trinajstić information content (AvgIpc) is 2.63. The molecule has 0 aliphatic rings. The van der Waals surface area contributed by atoms with Gasteiger partial charge in [-0.05, 0) is 18.1 Å². The van der Waals surface area contributed by atoms with E-state index in [-0.39, 0.29) is 0 Å². The van der Waals surface area contributed by atoms with E-state index in [1.807, 2.05) is 13.8 Å². The van der Waals surface area contributed by atoms with E-state index >= 15 is 0 Å². The van der Waals surface area contributed by atoms with Gasteiger partial charge in [0.15, 0.2) is 0 Å². The lowest BCUT2D eigenvalue weighted by Gasteiger charge is -2.06. The molecule has 86 valence electrons. The number of nitrogens with two attached hydrogens (primary N) is 1. The third-order valence-corrected chi connectivity index (χ3v) is 4.81. The highest BCUT2D eigenvalue weighted by molar-refractivity contribution is 7.91. The Morgan fingerprint density at radius 1 is 1.47 bits per heavy atom. The van der Waals surface area contributed by atoms with Crippen molar-refractivity contribution in [2.75, 3.05) is 6.54 Å². The zero-order chi connectivity index (χ0) is 11.5. The maximum Gasteiger partial charge on any atom is 0.250 e. The van der Waals surface area contributed by atoms with Gasteiger partial charge in [-0.1, -0.05) is 13.8 Å². The van der Waals surface area contributed by atoms with Crippen molar-refractivity contribution in [2.45, 2.75) is 24.6 Å². The van der Waals surface area contributed by atoms with E-state index in [9.17, 15) is 8.42 Å². The molecular weight excluding hydrogens is 232 g/mol.